The molecule has 1 aliphatic heterocycles. The first-order valence-electron chi connectivity index (χ1n) is 5.76. The van der Waals surface area contributed by atoms with Crippen molar-refractivity contribution >= 4 is 11.9 Å². The molecule has 4 nitrogen and oxygen atoms in total. The van der Waals surface area contributed by atoms with Crippen LogP contribution in [0.1, 0.15) is 19.8 Å². The number of nitrogens with zero attached hydrogens (tertiary/aromatic N) is 1. The smallest absolute Gasteiger partial charge is 0.306 e. The van der Waals surface area contributed by atoms with Crippen molar-refractivity contribution in [2.75, 3.05) is 13.1 Å². The second-order valence-corrected chi connectivity index (χ2v) is 4.77. The number of carbonyl (C=O) groups is 2. The van der Waals surface area contributed by atoms with Crippen LogP contribution in [0.2, 0.25) is 0 Å². The Kier molecular flexibility index (Phi) is 2.99. The summed E-state index contributed by atoms with van der Waals surface area (Å²) in [6.07, 6.45) is 5.77. The van der Waals surface area contributed by atoms with Crippen LogP contribution in [0, 0.1) is 17.8 Å². The van der Waals surface area contributed by atoms with Gasteiger partial charge < -0.3 is 10.0 Å². The molecule has 2 rings (SSSR count). The third kappa shape index (κ3) is 1.96. The van der Waals surface area contributed by atoms with E-state index in [-0.39, 0.29) is 23.7 Å². The Labute approximate surface area is 94.9 Å². The number of hydrogen-bond acceptors (Lipinski definition) is 2. The van der Waals surface area contributed by atoms with E-state index in [1.807, 2.05) is 12.2 Å². The van der Waals surface area contributed by atoms with Crippen molar-refractivity contribution < 1.29 is 14.7 Å². The van der Waals surface area contributed by atoms with Crippen LogP contribution < -0.4 is 0 Å². The molecule has 1 N–H and O–H groups in total. The van der Waals surface area contributed by atoms with Crippen molar-refractivity contribution in [3.8, 4) is 0 Å². The molecule has 16 heavy (non-hydrogen) atoms. The normalized spacial score (nSPS) is 23.2. The number of hydrogen-bond donors (Lipinski definition) is 1. The fraction of sp³-hybridized carbons (Fsp3) is 0.667. The number of carboxylic acids is 1. The van der Waals surface area contributed by atoms with Crippen LogP contribution in [-0.2, 0) is 9.59 Å². The molecule has 1 aliphatic carbocycles. The minimum Gasteiger partial charge on any atom is -0.481 e. The average Bonchev–Trinajstić information content (AvgIpc) is 2.67. The van der Waals surface area contributed by atoms with Gasteiger partial charge in [-0.2, -0.15) is 0 Å². The van der Waals surface area contributed by atoms with Gasteiger partial charge >= 0.3 is 5.97 Å². The highest BCUT2D eigenvalue weighted by molar-refractivity contribution is 5.81. The van der Waals surface area contributed by atoms with Crippen molar-refractivity contribution in [1.29, 1.82) is 0 Å². The molecule has 4 heteroatoms. The third-order valence-electron chi connectivity index (χ3n) is 3.68. The minimum absolute atomic E-state index is 0.112. The van der Waals surface area contributed by atoms with Crippen molar-refractivity contribution in [3.63, 3.8) is 0 Å². The zero-order valence-corrected chi connectivity index (χ0v) is 9.43. The molecule has 1 heterocycles. The van der Waals surface area contributed by atoms with Crippen LogP contribution in [0.5, 0.6) is 0 Å². The Morgan fingerprint density at radius 3 is 2.38 bits per heavy atom. The zero-order valence-electron chi connectivity index (χ0n) is 9.43. The molecular formula is C12H17NO3. The Balaban J connectivity index is 1.79. The van der Waals surface area contributed by atoms with Gasteiger partial charge in [0.25, 0.3) is 0 Å². The first kappa shape index (κ1) is 11.2. The number of likely N-dealkylation sites (tertiary alicyclic amines) is 1. The predicted octanol–water partition coefficient (Wildman–Crippen LogP) is 1.13. The minimum atomic E-state index is -0.764. The average molecular weight is 223 g/mol. The van der Waals surface area contributed by atoms with Crippen LogP contribution in [0.4, 0.5) is 0 Å². The van der Waals surface area contributed by atoms with Gasteiger partial charge in [-0.25, -0.2) is 0 Å². The van der Waals surface area contributed by atoms with Crippen molar-refractivity contribution in [3.05, 3.63) is 12.2 Å². The van der Waals surface area contributed by atoms with E-state index in [0.29, 0.717) is 13.1 Å². The van der Waals surface area contributed by atoms with E-state index in [9.17, 15) is 9.59 Å². The van der Waals surface area contributed by atoms with Gasteiger partial charge in [-0.05, 0) is 12.8 Å². The second kappa shape index (κ2) is 4.28. The summed E-state index contributed by atoms with van der Waals surface area (Å²) in [6.45, 7) is 2.94. The van der Waals surface area contributed by atoms with E-state index in [1.165, 1.54) is 0 Å². The molecule has 1 unspecified atom stereocenters. The fourth-order valence-corrected chi connectivity index (χ4v) is 2.29. The molecule has 2 aliphatic rings. The van der Waals surface area contributed by atoms with Gasteiger partial charge in [0.1, 0.15) is 0 Å². The molecule has 1 saturated heterocycles. The first-order valence-corrected chi connectivity index (χ1v) is 5.76. The largest absolute Gasteiger partial charge is 0.481 e. The molecule has 0 saturated carbocycles. The van der Waals surface area contributed by atoms with Crippen molar-refractivity contribution in [2.45, 2.75) is 19.8 Å². The maximum atomic E-state index is 11.9. The molecule has 1 amide bonds. The number of rotatable bonds is 3. The summed E-state index contributed by atoms with van der Waals surface area (Å²) in [4.78, 5) is 24.5. The topological polar surface area (TPSA) is 57.6 Å². The van der Waals surface area contributed by atoms with Gasteiger partial charge in [0.05, 0.1) is 5.92 Å². The third-order valence-corrected chi connectivity index (χ3v) is 3.68. The van der Waals surface area contributed by atoms with Crippen LogP contribution in [-0.4, -0.2) is 35.0 Å². The fourth-order valence-electron chi connectivity index (χ4n) is 2.29. The van der Waals surface area contributed by atoms with Gasteiger partial charge in [0, 0.05) is 24.9 Å². The monoisotopic (exact) mass is 223 g/mol. The highest BCUT2D eigenvalue weighted by atomic mass is 16.4. The molecule has 0 radical (unpaired) electrons. The second-order valence-electron chi connectivity index (χ2n) is 4.77. The van der Waals surface area contributed by atoms with Gasteiger partial charge in [-0.15, -0.1) is 0 Å². The molecule has 1 fully saturated rings. The lowest BCUT2D eigenvalue weighted by atomic mass is 9.86. The van der Waals surface area contributed by atoms with Crippen LogP contribution >= 0.6 is 0 Å². The van der Waals surface area contributed by atoms with Crippen LogP contribution in [0.25, 0.3) is 0 Å². The lowest BCUT2D eigenvalue weighted by Gasteiger charge is -2.42. The predicted molar refractivity (Wildman–Crippen MR) is 58.7 cm³/mol. The van der Waals surface area contributed by atoms with E-state index in [4.69, 9.17) is 5.11 Å². The summed E-state index contributed by atoms with van der Waals surface area (Å²) in [5.74, 6) is -0.666. The standard InChI is InChI=1S/C12H17NO3/c1-8(12(15)16)10-6-13(7-10)11(14)9-4-2-3-5-9/h2-3,8-10H,4-7H2,1H3,(H,15,16). The van der Waals surface area contributed by atoms with E-state index in [1.54, 1.807) is 11.8 Å². The molecule has 0 aromatic heterocycles. The Hall–Kier alpha value is -1.32. The van der Waals surface area contributed by atoms with Gasteiger partial charge in [-0.1, -0.05) is 19.1 Å². The summed E-state index contributed by atoms with van der Waals surface area (Å²) >= 11 is 0. The Bertz CT molecular complexity index is 323. The number of allylic oxidation sites excluding steroid dienone is 2. The van der Waals surface area contributed by atoms with E-state index >= 15 is 0 Å². The summed E-state index contributed by atoms with van der Waals surface area (Å²) in [7, 11) is 0. The van der Waals surface area contributed by atoms with Crippen LogP contribution in [0.15, 0.2) is 12.2 Å². The Morgan fingerprint density at radius 2 is 1.88 bits per heavy atom. The van der Waals surface area contributed by atoms with Crippen molar-refractivity contribution in [1.82, 2.24) is 4.90 Å². The van der Waals surface area contributed by atoms with Crippen molar-refractivity contribution in [2.24, 2.45) is 17.8 Å². The number of amides is 1. The maximum Gasteiger partial charge on any atom is 0.306 e. The first-order chi connectivity index (χ1) is 7.59. The summed E-state index contributed by atoms with van der Waals surface area (Å²) in [6, 6.07) is 0. The molecule has 0 spiro atoms. The lowest BCUT2D eigenvalue weighted by Crippen LogP contribution is -2.54. The van der Waals surface area contributed by atoms with Crippen LogP contribution in [0.3, 0.4) is 0 Å². The molecule has 88 valence electrons. The molecule has 1 atom stereocenters. The van der Waals surface area contributed by atoms with E-state index in [2.05, 4.69) is 0 Å². The lowest BCUT2D eigenvalue weighted by molar-refractivity contribution is -0.152. The molecular weight excluding hydrogens is 206 g/mol. The molecule has 0 bridgehead atoms. The maximum absolute atomic E-state index is 11.9. The quantitative estimate of drug-likeness (QED) is 0.730. The summed E-state index contributed by atoms with van der Waals surface area (Å²) in [5, 5.41) is 8.84. The SMILES string of the molecule is CC(C(=O)O)C1CN(C(=O)C2CC=CC2)C1. The highest BCUT2D eigenvalue weighted by Gasteiger charge is 2.39. The van der Waals surface area contributed by atoms with E-state index < -0.39 is 5.97 Å². The summed E-state index contributed by atoms with van der Waals surface area (Å²) in [5.41, 5.74) is 0. The number of carbonyl (C=O) groups excluding carboxylic acids is 1. The number of carboxylic acid groups (broad SMARTS) is 1. The van der Waals surface area contributed by atoms with Gasteiger partial charge in [0.2, 0.25) is 5.91 Å². The molecule has 0 aromatic rings. The Morgan fingerprint density at radius 1 is 1.31 bits per heavy atom. The van der Waals surface area contributed by atoms with Gasteiger partial charge in [-0.3, -0.25) is 9.59 Å². The van der Waals surface area contributed by atoms with E-state index in [0.717, 1.165) is 12.8 Å². The summed E-state index contributed by atoms with van der Waals surface area (Å²) < 4.78 is 0. The van der Waals surface area contributed by atoms with Gasteiger partial charge in [0.15, 0.2) is 0 Å². The zero-order chi connectivity index (χ0) is 11.7. The molecule has 0 aromatic carbocycles. The number of aliphatic carboxylic acids is 1. The highest BCUT2D eigenvalue weighted by Crippen LogP contribution is 2.28.